The standard InChI is InChI=1S/C29H34ClN5O3/c1-18-26(33-17-32-18)29(5,37)23-15-19-7-6-10-31-24(19)25(21-9-8-20(30)16-22(21)23)34-11-13-35(14-12-34)27(36)38-28(2,3)4/h6-10,15-17,25,37H,11-14H2,1-5H3,(H,32,33). The number of hydrogen-bond donors (Lipinski definition) is 2. The Hall–Kier alpha value is -3.20. The summed E-state index contributed by atoms with van der Waals surface area (Å²) in [7, 11) is 0. The molecular weight excluding hydrogens is 502 g/mol. The average molecular weight is 536 g/mol. The van der Waals surface area contributed by atoms with Crippen LogP contribution < -0.4 is 0 Å². The fourth-order valence-electron chi connectivity index (χ4n) is 5.40. The van der Waals surface area contributed by atoms with Crippen LogP contribution in [0.4, 0.5) is 4.79 Å². The molecule has 0 spiro atoms. The fraction of sp³-hybridized carbons (Fsp3) is 0.414. The summed E-state index contributed by atoms with van der Waals surface area (Å²) < 4.78 is 5.60. The Morgan fingerprint density at radius 3 is 2.53 bits per heavy atom. The Bertz CT molecular complexity index is 1380. The first kappa shape index (κ1) is 26.4. The maximum absolute atomic E-state index is 12.7. The largest absolute Gasteiger partial charge is 0.444 e. The highest BCUT2D eigenvalue weighted by atomic mass is 35.5. The fourth-order valence-corrected chi connectivity index (χ4v) is 5.57. The van der Waals surface area contributed by atoms with Crippen molar-refractivity contribution in [2.45, 2.75) is 51.9 Å². The molecule has 9 heteroatoms. The number of halogens is 1. The van der Waals surface area contributed by atoms with Crippen molar-refractivity contribution in [3.8, 4) is 0 Å². The molecule has 1 saturated heterocycles. The van der Waals surface area contributed by atoms with Gasteiger partial charge in [0.1, 0.15) is 11.2 Å². The number of fused-ring (bicyclic) bond motifs is 2. The van der Waals surface area contributed by atoms with Crippen molar-refractivity contribution in [2.24, 2.45) is 0 Å². The number of amides is 1. The Balaban J connectivity index is 1.57. The number of aryl methyl sites for hydroxylation is 1. The molecule has 1 amide bonds. The average Bonchev–Trinajstić information content (AvgIpc) is 3.24. The van der Waals surface area contributed by atoms with Crippen molar-refractivity contribution in [1.82, 2.24) is 24.8 Å². The Labute approximate surface area is 228 Å². The number of H-pyrrole nitrogens is 1. The van der Waals surface area contributed by atoms with Gasteiger partial charge in [-0.1, -0.05) is 23.7 Å². The maximum atomic E-state index is 12.7. The first-order chi connectivity index (χ1) is 18.0. The number of aromatic amines is 1. The molecule has 5 rings (SSSR count). The van der Waals surface area contributed by atoms with Crippen LogP contribution in [-0.4, -0.2) is 67.7 Å². The van der Waals surface area contributed by atoms with E-state index in [2.05, 4.69) is 14.9 Å². The summed E-state index contributed by atoms with van der Waals surface area (Å²) in [6, 6.07) is 9.55. The van der Waals surface area contributed by atoms with Crippen LogP contribution in [0.5, 0.6) is 0 Å². The minimum atomic E-state index is -1.39. The van der Waals surface area contributed by atoms with Crippen LogP contribution in [0.2, 0.25) is 5.02 Å². The number of aromatic nitrogens is 3. The third-order valence-electron chi connectivity index (χ3n) is 7.18. The van der Waals surface area contributed by atoms with Crippen LogP contribution in [0.3, 0.4) is 0 Å². The van der Waals surface area contributed by atoms with Gasteiger partial charge in [0, 0.05) is 43.1 Å². The molecule has 1 aliphatic heterocycles. The minimum absolute atomic E-state index is 0.191. The summed E-state index contributed by atoms with van der Waals surface area (Å²) in [6.45, 7) is 11.7. The van der Waals surface area contributed by atoms with Crippen molar-refractivity contribution < 1.29 is 14.6 Å². The number of nitrogens with zero attached hydrogens (tertiary/aromatic N) is 4. The van der Waals surface area contributed by atoms with Gasteiger partial charge in [0.25, 0.3) is 0 Å². The number of aliphatic hydroxyl groups is 1. The molecule has 8 nitrogen and oxygen atoms in total. The van der Waals surface area contributed by atoms with Crippen molar-refractivity contribution in [1.29, 1.82) is 0 Å². The number of pyridine rings is 1. The van der Waals surface area contributed by atoms with E-state index in [4.69, 9.17) is 21.3 Å². The summed E-state index contributed by atoms with van der Waals surface area (Å²) in [5.74, 6) is 0. The van der Waals surface area contributed by atoms with Crippen LogP contribution in [0.1, 0.15) is 67.5 Å². The highest BCUT2D eigenvalue weighted by Crippen LogP contribution is 2.46. The number of ether oxygens (including phenoxy) is 1. The minimum Gasteiger partial charge on any atom is -0.444 e. The first-order valence-corrected chi connectivity index (χ1v) is 13.3. The molecule has 38 heavy (non-hydrogen) atoms. The normalized spacial score (nSPS) is 19.6. The monoisotopic (exact) mass is 535 g/mol. The zero-order valence-electron chi connectivity index (χ0n) is 22.5. The highest BCUT2D eigenvalue weighted by Gasteiger charge is 2.40. The second-order valence-corrected chi connectivity index (χ2v) is 11.6. The highest BCUT2D eigenvalue weighted by molar-refractivity contribution is 6.30. The van der Waals surface area contributed by atoms with Gasteiger partial charge in [0.05, 0.1) is 23.8 Å². The zero-order valence-corrected chi connectivity index (χ0v) is 23.2. The summed E-state index contributed by atoms with van der Waals surface area (Å²) >= 11 is 6.54. The third kappa shape index (κ3) is 4.96. The molecule has 1 aliphatic carbocycles. The predicted molar refractivity (Wildman–Crippen MR) is 148 cm³/mol. The molecule has 1 aromatic carbocycles. The molecule has 0 bridgehead atoms. The van der Waals surface area contributed by atoms with E-state index in [-0.39, 0.29) is 12.1 Å². The molecular formula is C29H34ClN5O3. The molecule has 2 unspecified atom stereocenters. The Morgan fingerprint density at radius 1 is 1.13 bits per heavy atom. The number of benzene rings is 1. The van der Waals surface area contributed by atoms with Gasteiger partial charge in [0.15, 0.2) is 0 Å². The number of carbonyl (C=O) groups is 1. The second kappa shape index (κ2) is 9.84. The molecule has 2 N–H and O–H groups in total. The van der Waals surface area contributed by atoms with Gasteiger partial charge in [-0.15, -0.1) is 0 Å². The summed E-state index contributed by atoms with van der Waals surface area (Å²) in [4.78, 5) is 29.2. The molecule has 3 aromatic rings. The number of piperazine rings is 1. The van der Waals surface area contributed by atoms with E-state index in [0.29, 0.717) is 42.5 Å². The van der Waals surface area contributed by atoms with Crippen LogP contribution in [-0.2, 0) is 10.3 Å². The molecule has 0 radical (unpaired) electrons. The molecule has 0 saturated carbocycles. The van der Waals surface area contributed by atoms with E-state index in [1.807, 2.05) is 64.1 Å². The Morgan fingerprint density at radius 2 is 1.87 bits per heavy atom. The van der Waals surface area contributed by atoms with Gasteiger partial charge in [-0.25, -0.2) is 9.78 Å². The Kier molecular flexibility index (Phi) is 6.84. The summed E-state index contributed by atoms with van der Waals surface area (Å²) in [5, 5.41) is 12.5. The van der Waals surface area contributed by atoms with Crippen molar-refractivity contribution >= 4 is 29.3 Å². The predicted octanol–water partition coefficient (Wildman–Crippen LogP) is 5.17. The number of hydrogen-bond acceptors (Lipinski definition) is 6. The lowest BCUT2D eigenvalue weighted by Gasteiger charge is -2.40. The van der Waals surface area contributed by atoms with Gasteiger partial charge < -0.3 is 19.7 Å². The number of nitrogens with one attached hydrogen (secondary N) is 1. The third-order valence-corrected chi connectivity index (χ3v) is 7.41. The van der Waals surface area contributed by atoms with Gasteiger partial charge >= 0.3 is 6.09 Å². The van der Waals surface area contributed by atoms with Gasteiger partial charge in [-0.2, -0.15) is 0 Å². The van der Waals surface area contributed by atoms with E-state index >= 15 is 0 Å². The molecule has 3 heterocycles. The van der Waals surface area contributed by atoms with Crippen molar-refractivity contribution in [3.05, 3.63) is 81.7 Å². The number of imidazole rings is 1. The lowest BCUT2D eigenvalue weighted by molar-refractivity contribution is 0.0117. The molecule has 1 fully saturated rings. The van der Waals surface area contributed by atoms with Crippen LogP contribution in [0.15, 0.2) is 42.9 Å². The topological polar surface area (TPSA) is 94.6 Å². The van der Waals surface area contributed by atoms with Crippen LogP contribution in [0.25, 0.3) is 11.6 Å². The lowest BCUT2D eigenvalue weighted by Crippen LogP contribution is -2.51. The van der Waals surface area contributed by atoms with Gasteiger partial charge in [0.2, 0.25) is 0 Å². The van der Waals surface area contributed by atoms with Crippen molar-refractivity contribution in [3.63, 3.8) is 0 Å². The smallest absolute Gasteiger partial charge is 0.410 e. The van der Waals surface area contributed by atoms with Gasteiger partial charge in [-0.05, 0) is 81.2 Å². The molecule has 2 atom stereocenters. The van der Waals surface area contributed by atoms with Crippen molar-refractivity contribution in [2.75, 3.05) is 26.2 Å². The SMILES string of the molecule is Cc1[nH]cnc1C(C)(O)C1=Cc2cccnc2C(N2CCN(C(=O)OC(C)(C)C)CC2)c2ccc(Cl)cc21. The summed E-state index contributed by atoms with van der Waals surface area (Å²) in [6.07, 6.45) is 5.10. The molecule has 200 valence electrons. The molecule has 2 aromatic heterocycles. The first-order valence-electron chi connectivity index (χ1n) is 12.9. The number of rotatable bonds is 3. The zero-order chi connectivity index (χ0) is 27.2. The quantitative estimate of drug-likeness (QED) is 0.480. The number of carbonyl (C=O) groups excluding carboxylic acids is 1. The van der Waals surface area contributed by atoms with E-state index < -0.39 is 11.2 Å². The van der Waals surface area contributed by atoms with Gasteiger partial charge in [-0.3, -0.25) is 9.88 Å². The van der Waals surface area contributed by atoms with E-state index in [1.165, 1.54) is 0 Å². The summed E-state index contributed by atoms with van der Waals surface area (Å²) in [5.41, 5.74) is 3.79. The van der Waals surface area contributed by atoms with E-state index in [0.717, 1.165) is 28.1 Å². The lowest BCUT2D eigenvalue weighted by atomic mass is 9.83. The maximum Gasteiger partial charge on any atom is 0.410 e. The molecule has 2 aliphatic rings. The van der Waals surface area contributed by atoms with Crippen LogP contribution in [0, 0.1) is 6.92 Å². The second-order valence-electron chi connectivity index (χ2n) is 11.1. The van der Waals surface area contributed by atoms with E-state index in [1.54, 1.807) is 24.3 Å². The van der Waals surface area contributed by atoms with E-state index in [9.17, 15) is 9.90 Å². The van der Waals surface area contributed by atoms with Crippen LogP contribution >= 0.6 is 11.6 Å².